The zero-order valence-corrected chi connectivity index (χ0v) is 18.0. The molecule has 0 saturated carbocycles. The van der Waals surface area contributed by atoms with Crippen LogP contribution in [-0.4, -0.2) is 49.3 Å². The quantitative estimate of drug-likeness (QED) is 0.626. The van der Waals surface area contributed by atoms with Crippen molar-refractivity contribution in [2.75, 3.05) is 27.3 Å². The Labute approximate surface area is 182 Å². The van der Waals surface area contributed by atoms with E-state index >= 15 is 0 Å². The number of hydrogen-bond donors (Lipinski definition) is 1. The van der Waals surface area contributed by atoms with Crippen molar-refractivity contribution in [2.45, 2.75) is 0 Å². The number of thiophene rings is 1. The molecule has 1 aromatic heterocycles. The number of hydrogen-bond acceptors (Lipinski definition) is 7. The van der Waals surface area contributed by atoms with Crippen molar-refractivity contribution in [3.05, 3.63) is 57.1 Å². The van der Waals surface area contributed by atoms with Gasteiger partial charge in [0.15, 0.2) is 0 Å². The van der Waals surface area contributed by atoms with Crippen LogP contribution in [0.1, 0.15) is 10.4 Å². The molecular weight excluding hydrogens is 424 g/mol. The van der Waals surface area contributed by atoms with Crippen molar-refractivity contribution in [1.82, 2.24) is 10.2 Å². The van der Waals surface area contributed by atoms with Gasteiger partial charge in [-0.25, -0.2) is 0 Å². The topological polar surface area (TPSA) is 84.9 Å². The lowest BCUT2D eigenvalue weighted by molar-refractivity contribution is -0.123. The van der Waals surface area contributed by atoms with Gasteiger partial charge in [-0.05, 0) is 47.5 Å². The van der Waals surface area contributed by atoms with Crippen LogP contribution >= 0.6 is 23.1 Å². The van der Waals surface area contributed by atoms with Crippen LogP contribution in [0.2, 0.25) is 0 Å². The number of methoxy groups -OCH3 is 2. The van der Waals surface area contributed by atoms with Gasteiger partial charge >= 0.3 is 0 Å². The van der Waals surface area contributed by atoms with Crippen molar-refractivity contribution >= 4 is 52.3 Å². The summed E-state index contributed by atoms with van der Waals surface area (Å²) < 4.78 is 10.4. The Hall–Kier alpha value is -3.04. The predicted molar refractivity (Wildman–Crippen MR) is 119 cm³/mol. The fraction of sp³-hybridized carbons (Fsp3) is 0.190. The van der Waals surface area contributed by atoms with E-state index in [4.69, 9.17) is 9.47 Å². The molecule has 30 heavy (non-hydrogen) atoms. The molecule has 2 aromatic rings. The number of nitrogens with zero attached hydrogens (tertiary/aromatic N) is 1. The predicted octanol–water partition coefficient (Wildman–Crippen LogP) is 3.63. The zero-order chi connectivity index (χ0) is 21.5. The maximum absolute atomic E-state index is 12.4. The molecule has 1 fully saturated rings. The smallest absolute Gasteiger partial charge is 0.293 e. The van der Waals surface area contributed by atoms with Gasteiger partial charge in [-0.15, -0.1) is 11.3 Å². The van der Waals surface area contributed by atoms with Gasteiger partial charge in [0, 0.05) is 35.7 Å². The Balaban J connectivity index is 1.53. The first-order valence-corrected chi connectivity index (χ1v) is 10.7. The van der Waals surface area contributed by atoms with Gasteiger partial charge in [-0.3, -0.25) is 19.3 Å². The summed E-state index contributed by atoms with van der Waals surface area (Å²) in [5, 5.41) is 4.24. The van der Waals surface area contributed by atoms with E-state index in [0.717, 1.165) is 27.1 Å². The van der Waals surface area contributed by atoms with E-state index in [-0.39, 0.29) is 30.1 Å². The third-order valence-corrected chi connectivity index (χ3v) is 5.91. The molecule has 1 aliphatic rings. The second kappa shape index (κ2) is 10.1. The van der Waals surface area contributed by atoms with Crippen LogP contribution in [-0.2, 0) is 9.59 Å². The average molecular weight is 445 g/mol. The van der Waals surface area contributed by atoms with Crippen LogP contribution in [0.25, 0.3) is 12.2 Å². The first kappa shape index (κ1) is 21.7. The lowest BCUT2D eigenvalue weighted by atomic mass is 10.1. The standard InChI is InChI=1S/C21H20N2O5S2/c1-27-15-7-5-14(17(12-15)28-2)6-8-19(24)22-9-10-23-20(25)18(30-21(23)26)13-16-4-3-11-29-16/h3-8,11-13H,9-10H2,1-2H3,(H,22,24)/b8-6+,18-13-. The number of ether oxygens (including phenoxy) is 2. The van der Waals surface area contributed by atoms with Gasteiger partial charge in [-0.2, -0.15) is 0 Å². The number of imide groups is 1. The third-order valence-electron chi connectivity index (χ3n) is 4.18. The molecule has 0 atom stereocenters. The second-order valence-corrected chi connectivity index (χ2v) is 8.05. The van der Waals surface area contributed by atoms with Crippen LogP contribution in [0.5, 0.6) is 11.5 Å². The minimum absolute atomic E-state index is 0.109. The zero-order valence-electron chi connectivity index (χ0n) is 16.4. The summed E-state index contributed by atoms with van der Waals surface area (Å²) in [4.78, 5) is 39.1. The van der Waals surface area contributed by atoms with Crippen LogP contribution in [0.4, 0.5) is 4.79 Å². The summed E-state index contributed by atoms with van der Waals surface area (Å²) in [5.41, 5.74) is 0.720. The van der Waals surface area contributed by atoms with E-state index < -0.39 is 0 Å². The molecule has 1 N–H and O–H groups in total. The monoisotopic (exact) mass is 444 g/mol. The molecule has 0 spiro atoms. The molecule has 3 amide bonds. The van der Waals surface area contributed by atoms with E-state index in [0.29, 0.717) is 16.4 Å². The van der Waals surface area contributed by atoms with Crippen molar-refractivity contribution in [2.24, 2.45) is 0 Å². The first-order chi connectivity index (χ1) is 14.5. The van der Waals surface area contributed by atoms with Crippen LogP contribution in [0.3, 0.4) is 0 Å². The highest BCUT2D eigenvalue weighted by Crippen LogP contribution is 2.32. The lowest BCUT2D eigenvalue weighted by Gasteiger charge is -2.12. The number of nitrogens with one attached hydrogen (secondary N) is 1. The average Bonchev–Trinajstić information content (AvgIpc) is 3.35. The molecule has 7 nitrogen and oxygen atoms in total. The molecular formula is C21H20N2O5S2. The van der Waals surface area contributed by atoms with Gasteiger partial charge in [-0.1, -0.05) is 6.07 Å². The van der Waals surface area contributed by atoms with Crippen LogP contribution < -0.4 is 14.8 Å². The Morgan fingerprint density at radius 1 is 1.20 bits per heavy atom. The molecule has 0 aliphatic carbocycles. The number of amides is 3. The minimum atomic E-state index is -0.342. The van der Waals surface area contributed by atoms with Gasteiger partial charge in [0.25, 0.3) is 11.1 Å². The number of benzene rings is 1. The highest BCUT2D eigenvalue weighted by atomic mass is 32.2. The molecule has 9 heteroatoms. The second-order valence-electron chi connectivity index (χ2n) is 6.08. The Bertz CT molecular complexity index is 999. The lowest BCUT2D eigenvalue weighted by Crippen LogP contribution is -2.36. The fourth-order valence-corrected chi connectivity index (χ4v) is 4.25. The van der Waals surface area contributed by atoms with E-state index in [1.807, 2.05) is 17.5 Å². The Morgan fingerprint density at radius 2 is 2.03 bits per heavy atom. The fourth-order valence-electron chi connectivity index (χ4n) is 2.67. The Morgan fingerprint density at radius 3 is 2.73 bits per heavy atom. The maximum atomic E-state index is 12.4. The first-order valence-electron chi connectivity index (χ1n) is 8.98. The van der Waals surface area contributed by atoms with E-state index in [1.54, 1.807) is 37.5 Å². The molecule has 1 aliphatic heterocycles. The van der Waals surface area contributed by atoms with Gasteiger partial charge in [0.2, 0.25) is 5.91 Å². The van der Waals surface area contributed by atoms with Gasteiger partial charge in [0.05, 0.1) is 19.1 Å². The number of rotatable bonds is 8. The van der Waals surface area contributed by atoms with Crippen molar-refractivity contribution in [1.29, 1.82) is 0 Å². The van der Waals surface area contributed by atoms with E-state index in [2.05, 4.69) is 5.32 Å². The third kappa shape index (κ3) is 5.31. The summed E-state index contributed by atoms with van der Waals surface area (Å²) in [5.74, 6) is 0.549. The minimum Gasteiger partial charge on any atom is -0.497 e. The molecule has 156 valence electrons. The SMILES string of the molecule is COc1ccc(/C=C/C(=O)NCCN2C(=O)S/C(=C\c3cccs3)C2=O)c(OC)c1. The van der Waals surface area contributed by atoms with Gasteiger partial charge in [0.1, 0.15) is 11.5 Å². The van der Waals surface area contributed by atoms with Crippen molar-refractivity contribution < 1.29 is 23.9 Å². The highest BCUT2D eigenvalue weighted by Gasteiger charge is 2.34. The van der Waals surface area contributed by atoms with Crippen LogP contribution in [0, 0.1) is 0 Å². The van der Waals surface area contributed by atoms with Crippen molar-refractivity contribution in [3.63, 3.8) is 0 Å². The van der Waals surface area contributed by atoms with Crippen LogP contribution in [0.15, 0.2) is 46.7 Å². The summed E-state index contributed by atoms with van der Waals surface area (Å²) in [6.45, 7) is 0.269. The molecule has 1 aromatic carbocycles. The summed E-state index contributed by atoms with van der Waals surface area (Å²) in [6, 6.07) is 9.03. The summed E-state index contributed by atoms with van der Waals surface area (Å²) in [6.07, 6.45) is 4.70. The maximum Gasteiger partial charge on any atom is 0.293 e. The molecule has 2 heterocycles. The number of carbonyl (C=O) groups is 3. The van der Waals surface area contributed by atoms with Gasteiger partial charge < -0.3 is 14.8 Å². The summed E-state index contributed by atoms with van der Waals surface area (Å²) in [7, 11) is 3.10. The molecule has 0 bridgehead atoms. The molecule has 1 saturated heterocycles. The van der Waals surface area contributed by atoms with Crippen molar-refractivity contribution in [3.8, 4) is 11.5 Å². The number of thioether (sulfide) groups is 1. The largest absolute Gasteiger partial charge is 0.497 e. The molecule has 3 rings (SSSR count). The molecule has 0 radical (unpaired) electrons. The van der Waals surface area contributed by atoms with E-state index in [9.17, 15) is 14.4 Å². The Kier molecular flexibility index (Phi) is 7.31. The normalized spacial score (nSPS) is 15.3. The summed E-state index contributed by atoms with van der Waals surface area (Å²) >= 11 is 2.40. The number of carbonyl (C=O) groups excluding carboxylic acids is 3. The molecule has 0 unspecified atom stereocenters. The highest BCUT2D eigenvalue weighted by molar-refractivity contribution is 8.18. The van der Waals surface area contributed by atoms with E-state index in [1.165, 1.54) is 24.5 Å².